The van der Waals surface area contributed by atoms with Gasteiger partial charge in [-0.15, -0.1) is 0 Å². The van der Waals surface area contributed by atoms with Crippen LogP contribution in [0.4, 0.5) is 4.39 Å². The molecule has 1 atom stereocenters. The van der Waals surface area contributed by atoms with Gasteiger partial charge in [0.1, 0.15) is 17.6 Å². The van der Waals surface area contributed by atoms with Crippen LogP contribution in [0.3, 0.4) is 0 Å². The van der Waals surface area contributed by atoms with Crippen molar-refractivity contribution < 1.29 is 19.0 Å². The molecule has 0 aliphatic rings. The summed E-state index contributed by atoms with van der Waals surface area (Å²) >= 11 is 3.07. The first-order valence-corrected chi connectivity index (χ1v) is 5.67. The highest BCUT2D eigenvalue weighted by molar-refractivity contribution is 9.10. The first kappa shape index (κ1) is 13.9. The van der Waals surface area contributed by atoms with Gasteiger partial charge in [0, 0.05) is 12.0 Å². The molecule has 4 nitrogen and oxygen atoms in total. The lowest BCUT2D eigenvalue weighted by Crippen LogP contribution is -2.32. The Morgan fingerprint density at radius 3 is 2.76 bits per heavy atom. The topological polar surface area (TPSA) is 72.5 Å². The van der Waals surface area contributed by atoms with Crippen molar-refractivity contribution in [1.82, 2.24) is 0 Å². The smallest absolute Gasteiger partial charge is 0.320 e. The van der Waals surface area contributed by atoms with Gasteiger partial charge in [0.15, 0.2) is 0 Å². The molecular formula is C11H13BrFNO3. The fraction of sp³-hybridized carbons (Fsp3) is 0.364. The zero-order chi connectivity index (χ0) is 13.2. The number of carboxylic acids is 1. The lowest BCUT2D eigenvalue weighted by molar-refractivity contribution is -0.138. The van der Waals surface area contributed by atoms with Crippen molar-refractivity contribution in [1.29, 1.82) is 0 Å². The molecule has 1 rings (SSSR count). The van der Waals surface area contributed by atoms with Gasteiger partial charge in [-0.2, -0.15) is 0 Å². The van der Waals surface area contributed by atoms with E-state index < -0.39 is 17.8 Å². The third-order valence-electron chi connectivity index (χ3n) is 2.40. The largest absolute Gasteiger partial charge is 0.496 e. The molecule has 0 spiro atoms. The summed E-state index contributed by atoms with van der Waals surface area (Å²) in [4.78, 5) is 10.7. The van der Waals surface area contributed by atoms with Crippen molar-refractivity contribution in [2.24, 2.45) is 5.73 Å². The third-order valence-corrected chi connectivity index (χ3v) is 2.97. The molecule has 0 aromatic heterocycles. The second kappa shape index (κ2) is 5.46. The van der Waals surface area contributed by atoms with Gasteiger partial charge in [-0.05, 0) is 34.5 Å². The van der Waals surface area contributed by atoms with Crippen molar-refractivity contribution >= 4 is 21.9 Å². The van der Waals surface area contributed by atoms with E-state index in [1.165, 1.54) is 7.11 Å². The standard InChI is InChI=1S/C11H13BrFNO3/c1-5-3-7(12)9(13)6(10(5)17-2)4-8(14)11(15)16/h3,8H,4,14H2,1-2H3,(H,15,16). The molecule has 3 N–H and O–H groups in total. The quantitative estimate of drug-likeness (QED) is 0.890. The number of halogens is 2. The second-order valence-electron chi connectivity index (χ2n) is 3.65. The van der Waals surface area contributed by atoms with Gasteiger partial charge in [-0.3, -0.25) is 4.79 Å². The normalized spacial score (nSPS) is 12.3. The van der Waals surface area contributed by atoms with E-state index in [1.807, 2.05) is 0 Å². The Hall–Kier alpha value is -1.14. The maximum atomic E-state index is 13.9. The molecule has 1 aromatic rings. The van der Waals surface area contributed by atoms with E-state index in [1.54, 1.807) is 13.0 Å². The van der Waals surface area contributed by atoms with E-state index in [4.69, 9.17) is 15.6 Å². The predicted octanol–water partition coefficient (Wildman–Crippen LogP) is 1.86. The zero-order valence-corrected chi connectivity index (χ0v) is 11.0. The summed E-state index contributed by atoms with van der Waals surface area (Å²) in [7, 11) is 1.41. The van der Waals surface area contributed by atoms with Crippen molar-refractivity contribution in [2.75, 3.05) is 7.11 Å². The van der Waals surface area contributed by atoms with Gasteiger partial charge < -0.3 is 15.6 Å². The minimum atomic E-state index is -1.18. The van der Waals surface area contributed by atoms with E-state index in [0.717, 1.165) is 0 Å². The van der Waals surface area contributed by atoms with Crippen LogP contribution in [0.2, 0.25) is 0 Å². The molecular weight excluding hydrogens is 293 g/mol. The fourth-order valence-electron chi connectivity index (χ4n) is 1.57. The van der Waals surface area contributed by atoms with Gasteiger partial charge in [0.25, 0.3) is 0 Å². The second-order valence-corrected chi connectivity index (χ2v) is 4.50. The highest BCUT2D eigenvalue weighted by atomic mass is 79.9. The Labute approximate surface area is 107 Å². The number of hydrogen-bond donors (Lipinski definition) is 2. The summed E-state index contributed by atoms with van der Waals surface area (Å²) in [6, 6.07) is 0.413. The van der Waals surface area contributed by atoms with Crippen LogP contribution in [-0.4, -0.2) is 24.2 Å². The number of carboxylic acid groups (broad SMARTS) is 1. The summed E-state index contributed by atoms with van der Waals surface area (Å²) in [6.07, 6.45) is -0.120. The van der Waals surface area contributed by atoms with Crippen LogP contribution in [0.15, 0.2) is 10.5 Å². The minimum absolute atomic E-state index is 0.120. The monoisotopic (exact) mass is 305 g/mol. The van der Waals surface area contributed by atoms with Crippen LogP contribution in [-0.2, 0) is 11.2 Å². The summed E-state index contributed by atoms with van der Waals surface area (Å²) in [5, 5.41) is 8.74. The van der Waals surface area contributed by atoms with Crippen LogP contribution >= 0.6 is 15.9 Å². The average Bonchev–Trinajstić information content (AvgIpc) is 2.25. The molecule has 17 heavy (non-hydrogen) atoms. The molecule has 0 saturated heterocycles. The van der Waals surface area contributed by atoms with E-state index in [2.05, 4.69) is 15.9 Å². The average molecular weight is 306 g/mol. The molecule has 0 fully saturated rings. The van der Waals surface area contributed by atoms with Crippen LogP contribution in [0.5, 0.6) is 5.75 Å². The molecule has 0 radical (unpaired) electrons. The van der Waals surface area contributed by atoms with Crippen molar-refractivity contribution in [3.05, 3.63) is 27.5 Å². The van der Waals surface area contributed by atoms with E-state index >= 15 is 0 Å². The van der Waals surface area contributed by atoms with Gasteiger partial charge in [0.2, 0.25) is 0 Å². The molecule has 1 aromatic carbocycles. The van der Waals surface area contributed by atoms with Gasteiger partial charge in [-0.25, -0.2) is 4.39 Å². The Kier molecular flexibility index (Phi) is 4.47. The fourth-order valence-corrected chi connectivity index (χ4v) is 2.16. The summed E-state index contributed by atoms with van der Waals surface area (Å²) in [6.45, 7) is 1.75. The Morgan fingerprint density at radius 2 is 2.29 bits per heavy atom. The maximum absolute atomic E-state index is 13.9. The van der Waals surface area contributed by atoms with Crippen molar-refractivity contribution in [3.63, 3.8) is 0 Å². The number of nitrogens with two attached hydrogens (primary N) is 1. The molecule has 0 aliphatic heterocycles. The van der Waals surface area contributed by atoms with Gasteiger partial charge >= 0.3 is 5.97 Å². The van der Waals surface area contributed by atoms with Gasteiger partial charge in [-0.1, -0.05) is 0 Å². The lowest BCUT2D eigenvalue weighted by Gasteiger charge is -2.15. The lowest BCUT2D eigenvalue weighted by atomic mass is 10.0. The minimum Gasteiger partial charge on any atom is -0.496 e. The first-order valence-electron chi connectivity index (χ1n) is 4.88. The number of methoxy groups -OCH3 is 1. The Bertz CT molecular complexity index is 451. The SMILES string of the molecule is COc1c(C)cc(Br)c(F)c1CC(N)C(=O)O. The third kappa shape index (κ3) is 2.95. The highest BCUT2D eigenvalue weighted by Crippen LogP contribution is 2.32. The zero-order valence-electron chi connectivity index (χ0n) is 9.46. The molecule has 0 bridgehead atoms. The number of benzene rings is 1. The van der Waals surface area contributed by atoms with E-state index in [-0.39, 0.29) is 16.5 Å². The van der Waals surface area contributed by atoms with Crippen molar-refractivity contribution in [2.45, 2.75) is 19.4 Å². The molecule has 0 heterocycles. The Balaban J connectivity index is 3.25. The van der Waals surface area contributed by atoms with Crippen molar-refractivity contribution in [3.8, 4) is 5.75 Å². The maximum Gasteiger partial charge on any atom is 0.320 e. The number of carbonyl (C=O) groups is 1. The van der Waals surface area contributed by atoms with E-state index in [9.17, 15) is 9.18 Å². The number of aryl methyl sites for hydroxylation is 1. The number of ether oxygens (including phenoxy) is 1. The molecule has 1 unspecified atom stereocenters. The van der Waals surface area contributed by atoms with Crippen LogP contribution in [0.25, 0.3) is 0 Å². The summed E-state index contributed by atoms with van der Waals surface area (Å²) in [5.74, 6) is -1.38. The molecule has 0 aliphatic carbocycles. The Morgan fingerprint density at radius 1 is 1.71 bits per heavy atom. The molecule has 94 valence electrons. The highest BCUT2D eigenvalue weighted by Gasteiger charge is 2.21. The predicted molar refractivity (Wildman–Crippen MR) is 64.7 cm³/mol. The van der Waals surface area contributed by atoms with Crippen LogP contribution in [0, 0.1) is 12.7 Å². The summed E-state index contributed by atoms with van der Waals surface area (Å²) < 4.78 is 19.2. The first-order chi connectivity index (χ1) is 7.88. The summed E-state index contributed by atoms with van der Waals surface area (Å²) in [5.41, 5.74) is 6.30. The molecule has 6 heteroatoms. The number of hydrogen-bond acceptors (Lipinski definition) is 3. The van der Waals surface area contributed by atoms with Crippen LogP contribution in [0.1, 0.15) is 11.1 Å². The van der Waals surface area contributed by atoms with Crippen LogP contribution < -0.4 is 10.5 Å². The molecule has 0 saturated carbocycles. The number of aliphatic carboxylic acids is 1. The molecule has 0 amide bonds. The number of rotatable bonds is 4. The van der Waals surface area contributed by atoms with E-state index in [0.29, 0.717) is 11.3 Å². The van der Waals surface area contributed by atoms with Gasteiger partial charge in [0.05, 0.1) is 11.6 Å².